The van der Waals surface area contributed by atoms with Crippen molar-refractivity contribution >= 4 is 11.6 Å². The molecule has 0 aromatic heterocycles. The molecule has 2 unspecified atom stereocenters. The molecule has 25 heavy (non-hydrogen) atoms. The Labute approximate surface area is 143 Å². The zero-order chi connectivity index (χ0) is 18.6. The van der Waals surface area contributed by atoms with E-state index in [0.29, 0.717) is 13.1 Å². The van der Waals surface area contributed by atoms with Gasteiger partial charge in [-0.3, -0.25) is 4.79 Å². The van der Waals surface area contributed by atoms with E-state index in [9.17, 15) is 23.2 Å². The van der Waals surface area contributed by atoms with Gasteiger partial charge in [0.2, 0.25) is 0 Å². The van der Waals surface area contributed by atoms with Gasteiger partial charge in [-0.1, -0.05) is 12.1 Å². The van der Waals surface area contributed by atoms with Gasteiger partial charge >= 0.3 is 6.18 Å². The maximum Gasteiger partial charge on any atom is 0.418 e. The summed E-state index contributed by atoms with van der Waals surface area (Å²) in [5.74, 6) is -0.540. The van der Waals surface area contributed by atoms with Gasteiger partial charge in [0.1, 0.15) is 11.6 Å². The number of halogens is 3. The van der Waals surface area contributed by atoms with E-state index in [4.69, 9.17) is 4.74 Å². The topological polar surface area (TPSA) is 65.4 Å². The Morgan fingerprint density at radius 2 is 1.92 bits per heavy atom. The van der Waals surface area contributed by atoms with Crippen LogP contribution in [0.2, 0.25) is 0 Å². The van der Waals surface area contributed by atoms with Crippen molar-refractivity contribution in [2.75, 3.05) is 18.4 Å². The Bertz CT molecular complexity index is 700. The molecule has 2 atom stereocenters. The van der Waals surface area contributed by atoms with Crippen LogP contribution in [0.25, 0.3) is 0 Å². The van der Waals surface area contributed by atoms with Gasteiger partial charge in [0.25, 0.3) is 5.91 Å². The first-order valence-electron chi connectivity index (χ1n) is 7.70. The predicted octanol–water partition coefficient (Wildman–Crippen LogP) is 3.16. The van der Waals surface area contributed by atoms with Crippen LogP contribution in [0.15, 0.2) is 36.0 Å². The molecule has 1 aromatic carbocycles. The van der Waals surface area contributed by atoms with E-state index in [1.807, 2.05) is 13.8 Å². The van der Waals surface area contributed by atoms with Gasteiger partial charge in [0, 0.05) is 19.3 Å². The zero-order valence-electron chi connectivity index (χ0n) is 13.8. The fourth-order valence-corrected chi connectivity index (χ4v) is 2.66. The molecule has 1 amide bonds. The molecular weight excluding hydrogens is 335 g/mol. The van der Waals surface area contributed by atoms with E-state index >= 15 is 0 Å². The molecule has 134 valence electrons. The first-order valence-corrected chi connectivity index (χ1v) is 7.70. The lowest BCUT2D eigenvalue weighted by atomic mass is 10.1. The maximum absolute atomic E-state index is 13.0. The summed E-state index contributed by atoms with van der Waals surface area (Å²) in [5.41, 5.74) is -1.36. The van der Waals surface area contributed by atoms with E-state index in [1.54, 1.807) is 6.07 Å². The van der Waals surface area contributed by atoms with Gasteiger partial charge in [0.05, 0.1) is 23.5 Å². The second-order valence-corrected chi connectivity index (χ2v) is 5.82. The number of anilines is 1. The predicted molar refractivity (Wildman–Crippen MR) is 85.4 cm³/mol. The third kappa shape index (κ3) is 4.73. The number of hydrogen-bond donors (Lipinski definition) is 1. The molecule has 2 rings (SSSR count). The Morgan fingerprint density at radius 1 is 1.32 bits per heavy atom. The molecule has 0 aliphatic carbocycles. The number of rotatable bonds is 3. The van der Waals surface area contributed by atoms with Gasteiger partial charge in [-0.25, -0.2) is 0 Å². The summed E-state index contributed by atoms with van der Waals surface area (Å²) in [6.07, 6.45) is -3.88. The van der Waals surface area contributed by atoms with Gasteiger partial charge < -0.3 is 15.0 Å². The molecule has 1 aliphatic rings. The Balaban J connectivity index is 2.19. The molecule has 5 nitrogen and oxygen atoms in total. The molecule has 1 saturated heterocycles. The number of hydrogen-bond acceptors (Lipinski definition) is 4. The molecule has 1 heterocycles. The largest absolute Gasteiger partial charge is 0.418 e. The van der Waals surface area contributed by atoms with Crippen molar-refractivity contribution in [1.82, 2.24) is 4.90 Å². The number of ether oxygens (including phenoxy) is 1. The fourth-order valence-electron chi connectivity index (χ4n) is 2.66. The van der Waals surface area contributed by atoms with Crippen molar-refractivity contribution in [1.29, 1.82) is 5.26 Å². The maximum atomic E-state index is 13.0. The first-order chi connectivity index (χ1) is 11.7. The van der Waals surface area contributed by atoms with E-state index in [1.165, 1.54) is 23.1 Å². The van der Waals surface area contributed by atoms with Crippen molar-refractivity contribution in [3.8, 4) is 6.07 Å². The first kappa shape index (κ1) is 18.8. The standard InChI is InChI=1S/C17H18F3N3O2/c1-11-9-23(10-12(2)25-11)16(24)13(7-21)8-22-15-6-4-3-5-14(15)17(18,19)20/h3-6,8,11-12,22H,9-10H2,1-2H3/b13-8-. The normalized spacial score (nSPS) is 21.6. The van der Waals surface area contributed by atoms with Crippen molar-refractivity contribution in [2.24, 2.45) is 0 Å². The highest BCUT2D eigenvalue weighted by molar-refractivity contribution is 5.97. The molecule has 0 spiro atoms. The second kappa shape index (κ2) is 7.57. The van der Waals surface area contributed by atoms with Crippen molar-refractivity contribution < 1.29 is 22.7 Å². The molecule has 8 heteroatoms. The van der Waals surface area contributed by atoms with Gasteiger partial charge in [-0.15, -0.1) is 0 Å². The van der Waals surface area contributed by atoms with E-state index in [-0.39, 0.29) is 23.5 Å². The molecule has 0 bridgehead atoms. The molecule has 0 radical (unpaired) electrons. The van der Waals surface area contributed by atoms with Crippen molar-refractivity contribution in [2.45, 2.75) is 32.2 Å². The highest BCUT2D eigenvalue weighted by Crippen LogP contribution is 2.34. The van der Waals surface area contributed by atoms with Crippen LogP contribution < -0.4 is 5.32 Å². The number of nitriles is 1. The summed E-state index contributed by atoms with van der Waals surface area (Å²) < 4.78 is 44.5. The smallest absolute Gasteiger partial charge is 0.372 e. The van der Waals surface area contributed by atoms with Gasteiger partial charge in [-0.05, 0) is 26.0 Å². The van der Waals surface area contributed by atoms with Crippen LogP contribution in [-0.4, -0.2) is 36.1 Å². The molecule has 1 aliphatic heterocycles. The van der Waals surface area contributed by atoms with Crippen LogP contribution in [0.4, 0.5) is 18.9 Å². The Kier molecular flexibility index (Phi) is 5.69. The van der Waals surface area contributed by atoms with E-state index in [2.05, 4.69) is 5.32 Å². The van der Waals surface area contributed by atoms with Crippen LogP contribution in [-0.2, 0) is 15.7 Å². The number of morpholine rings is 1. The minimum Gasteiger partial charge on any atom is -0.372 e. The minimum atomic E-state index is -4.54. The quantitative estimate of drug-likeness (QED) is 0.670. The number of alkyl halides is 3. The number of nitrogens with zero attached hydrogens (tertiary/aromatic N) is 2. The lowest BCUT2D eigenvalue weighted by Gasteiger charge is -2.35. The monoisotopic (exact) mass is 353 g/mol. The minimum absolute atomic E-state index is 0.174. The molecular formula is C17H18F3N3O2. The van der Waals surface area contributed by atoms with Crippen LogP contribution in [0.3, 0.4) is 0 Å². The molecule has 1 fully saturated rings. The lowest BCUT2D eigenvalue weighted by Crippen LogP contribution is -2.48. The van der Waals surface area contributed by atoms with Crippen molar-refractivity contribution in [3.63, 3.8) is 0 Å². The Hall–Kier alpha value is -2.53. The van der Waals surface area contributed by atoms with E-state index in [0.717, 1.165) is 12.3 Å². The summed E-state index contributed by atoms with van der Waals surface area (Å²) in [4.78, 5) is 13.9. The fraction of sp³-hybridized carbons (Fsp3) is 0.412. The SMILES string of the molecule is CC1CN(C(=O)/C(C#N)=C\Nc2ccccc2C(F)(F)F)CC(C)O1. The van der Waals surface area contributed by atoms with Crippen LogP contribution in [0.5, 0.6) is 0 Å². The molecule has 1 N–H and O–H groups in total. The van der Waals surface area contributed by atoms with Crippen molar-refractivity contribution in [3.05, 3.63) is 41.6 Å². The summed E-state index contributed by atoms with van der Waals surface area (Å²) in [5, 5.41) is 11.6. The highest BCUT2D eigenvalue weighted by Gasteiger charge is 2.33. The number of carbonyl (C=O) groups excluding carboxylic acids is 1. The summed E-state index contributed by atoms with van der Waals surface area (Å²) >= 11 is 0. The van der Waals surface area contributed by atoms with Crippen LogP contribution in [0.1, 0.15) is 19.4 Å². The lowest BCUT2D eigenvalue weighted by molar-refractivity contribution is -0.138. The third-order valence-electron chi connectivity index (χ3n) is 3.66. The average Bonchev–Trinajstić information content (AvgIpc) is 2.53. The molecule has 1 aromatic rings. The number of amides is 1. The number of benzene rings is 1. The summed E-state index contributed by atoms with van der Waals surface area (Å²) in [6, 6.07) is 6.61. The Morgan fingerprint density at radius 3 is 2.48 bits per heavy atom. The van der Waals surface area contributed by atoms with Gasteiger partial charge in [0.15, 0.2) is 0 Å². The highest BCUT2D eigenvalue weighted by atomic mass is 19.4. The zero-order valence-corrected chi connectivity index (χ0v) is 13.8. The molecule has 0 saturated carbocycles. The van der Waals surface area contributed by atoms with Gasteiger partial charge in [-0.2, -0.15) is 18.4 Å². The van der Waals surface area contributed by atoms with E-state index < -0.39 is 17.6 Å². The van der Waals surface area contributed by atoms with Crippen LogP contribution in [0, 0.1) is 11.3 Å². The number of para-hydroxylation sites is 1. The van der Waals surface area contributed by atoms with Crippen LogP contribution >= 0.6 is 0 Å². The second-order valence-electron chi connectivity index (χ2n) is 5.82. The summed E-state index contributed by atoms with van der Waals surface area (Å²) in [7, 11) is 0. The average molecular weight is 353 g/mol. The number of nitrogens with one attached hydrogen (secondary N) is 1. The third-order valence-corrected chi connectivity index (χ3v) is 3.66. The number of carbonyl (C=O) groups is 1. The summed E-state index contributed by atoms with van der Waals surface area (Å²) in [6.45, 7) is 4.26.